The molecule has 3 heterocycles. The van der Waals surface area contributed by atoms with Crippen molar-refractivity contribution in [2.45, 2.75) is 25.4 Å². The summed E-state index contributed by atoms with van der Waals surface area (Å²) in [5, 5.41) is 9.97. The molecule has 8 nitrogen and oxygen atoms in total. The van der Waals surface area contributed by atoms with Crippen molar-refractivity contribution in [3.8, 4) is 0 Å². The highest BCUT2D eigenvalue weighted by Crippen LogP contribution is 2.32. The first-order chi connectivity index (χ1) is 14.0. The van der Waals surface area contributed by atoms with Gasteiger partial charge in [0.15, 0.2) is 11.4 Å². The molecule has 0 aliphatic carbocycles. The Morgan fingerprint density at radius 3 is 2.86 bits per heavy atom. The Balaban J connectivity index is 1.39. The van der Waals surface area contributed by atoms with Crippen LogP contribution in [0, 0.1) is 5.82 Å². The van der Waals surface area contributed by atoms with Gasteiger partial charge < -0.3 is 14.7 Å². The maximum absolute atomic E-state index is 13.3. The van der Waals surface area contributed by atoms with Crippen molar-refractivity contribution in [2.75, 3.05) is 5.32 Å². The highest BCUT2D eigenvalue weighted by Gasteiger charge is 2.39. The van der Waals surface area contributed by atoms with E-state index in [1.807, 2.05) is 6.07 Å². The number of rotatable bonds is 3. The molecule has 2 aliphatic heterocycles. The van der Waals surface area contributed by atoms with Gasteiger partial charge in [0.25, 0.3) is 5.91 Å². The van der Waals surface area contributed by atoms with Crippen molar-refractivity contribution in [2.24, 2.45) is 0 Å². The smallest absolute Gasteiger partial charge is 0.255 e. The summed E-state index contributed by atoms with van der Waals surface area (Å²) >= 11 is 0. The lowest BCUT2D eigenvalue weighted by molar-refractivity contribution is -0.136. The van der Waals surface area contributed by atoms with E-state index in [0.717, 1.165) is 5.56 Å². The lowest BCUT2D eigenvalue weighted by Gasteiger charge is -2.29. The van der Waals surface area contributed by atoms with Crippen LogP contribution in [0.15, 0.2) is 40.9 Å². The summed E-state index contributed by atoms with van der Waals surface area (Å²) in [6.07, 6.45) is 0.528. The van der Waals surface area contributed by atoms with Crippen LogP contribution in [-0.2, 0) is 16.1 Å². The van der Waals surface area contributed by atoms with Crippen LogP contribution in [0.4, 0.5) is 15.9 Å². The van der Waals surface area contributed by atoms with Gasteiger partial charge in [-0.1, -0.05) is 5.16 Å². The average molecular weight is 394 g/mol. The van der Waals surface area contributed by atoms with Crippen LogP contribution in [0.5, 0.6) is 0 Å². The highest BCUT2D eigenvalue weighted by molar-refractivity contribution is 6.05. The summed E-state index contributed by atoms with van der Waals surface area (Å²) in [5.74, 6) is -0.969. The Bertz CT molecular complexity index is 1190. The van der Waals surface area contributed by atoms with Crippen LogP contribution in [0.1, 0.15) is 28.8 Å². The van der Waals surface area contributed by atoms with Gasteiger partial charge in [0, 0.05) is 30.3 Å². The molecule has 3 amide bonds. The number of nitrogens with zero attached hydrogens (tertiary/aromatic N) is 2. The topological polar surface area (TPSA) is 105 Å². The van der Waals surface area contributed by atoms with Crippen LogP contribution in [0.25, 0.3) is 11.0 Å². The molecular weight excluding hydrogens is 379 g/mol. The SMILES string of the molecule is O=C1CCC(N2Cc3cc(Nc4noc5cc(F)ccc45)ccc3C2=O)C(=O)N1. The molecule has 2 aliphatic rings. The Morgan fingerprint density at radius 2 is 2.03 bits per heavy atom. The molecule has 0 radical (unpaired) electrons. The number of carbonyl (C=O) groups excluding carboxylic acids is 3. The maximum Gasteiger partial charge on any atom is 0.255 e. The number of halogens is 1. The Morgan fingerprint density at radius 1 is 1.17 bits per heavy atom. The summed E-state index contributed by atoms with van der Waals surface area (Å²) < 4.78 is 18.4. The van der Waals surface area contributed by atoms with E-state index in [1.165, 1.54) is 17.0 Å². The monoisotopic (exact) mass is 394 g/mol. The lowest BCUT2D eigenvalue weighted by atomic mass is 10.0. The van der Waals surface area contributed by atoms with Gasteiger partial charge in [-0.3, -0.25) is 19.7 Å². The molecule has 29 heavy (non-hydrogen) atoms. The minimum Gasteiger partial charge on any atom is -0.354 e. The van der Waals surface area contributed by atoms with Gasteiger partial charge in [-0.25, -0.2) is 4.39 Å². The summed E-state index contributed by atoms with van der Waals surface area (Å²) in [6.45, 7) is 0.279. The fraction of sp³-hybridized carbons (Fsp3) is 0.200. The number of anilines is 2. The van der Waals surface area contributed by atoms with Gasteiger partial charge in [0.05, 0.1) is 5.39 Å². The predicted octanol–water partition coefficient (Wildman–Crippen LogP) is 2.47. The zero-order valence-electron chi connectivity index (χ0n) is 15.1. The van der Waals surface area contributed by atoms with Gasteiger partial charge in [-0.15, -0.1) is 0 Å². The Kier molecular flexibility index (Phi) is 3.83. The Hall–Kier alpha value is -3.75. The molecule has 1 unspecified atom stereocenters. The van der Waals surface area contributed by atoms with Gasteiger partial charge >= 0.3 is 0 Å². The second-order valence-corrected chi connectivity index (χ2v) is 7.07. The second kappa shape index (κ2) is 6.40. The third-order valence-corrected chi connectivity index (χ3v) is 5.22. The molecule has 1 atom stereocenters. The molecule has 1 fully saturated rings. The number of imide groups is 1. The predicted molar refractivity (Wildman–Crippen MR) is 99.7 cm³/mol. The quantitative estimate of drug-likeness (QED) is 0.662. The molecule has 3 aromatic rings. The number of piperidine rings is 1. The first-order valence-corrected chi connectivity index (χ1v) is 9.09. The molecular formula is C20H15FN4O4. The number of benzene rings is 2. The molecule has 5 rings (SSSR count). The largest absolute Gasteiger partial charge is 0.354 e. The Labute approximate surface area is 163 Å². The number of carbonyl (C=O) groups is 3. The minimum absolute atomic E-state index is 0.211. The molecule has 146 valence electrons. The van der Waals surface area contributed by atoms with E-state index in [0.29, 0.717) is 34.5 Å². The average Bonchev–Trinajstić information content (AvgIpc) is 3.22. The minimum atomic E-state index is -0.654. The summed E-state index contributed by atoms with van der Waals surface area (Å²) in [7, 11) is 0. The number of fused-ring (bicyclic) bond motifs is 2. The zero-order chi connectivity index (χ0) is 20.1. The van der Waals surface area contributed by atoms with Crippen LogP contribution < -0.4 is 10.6 Å². The molecule has 2 N–H and O–H groups in total. The van der Waals surface area contributed by atoms with Crippen LogP contribution in [0.3, 0.4) is 0 Å². The van der Waals surface area contributed by atoms with Gasteiger partial charge in [0.2, 0.25) is 11.8 Å². The van der Waals surface area contributed by atoms with Gasteiger partial charge in [-0.05, 0) is 42.3 Å². The van der Waals surface area contributed by atoms with Crippen molar-refractivity contribution in [3.05, 3.63) is 53.3 Å². The third kappa shape index (κ3) is 2.91. The van der Waals surface area contributed by atoms with Crippen molar-refractivity contribution in [1.82, 2.24) is 15.4 Å². The highest BCUT2D eigenvalue weighted by atomic mass is 19.1. The van der Waals surface area contributed by atoms with E-state index in [9.17, 15) is 18.8 Å². The number of amides is 3. The normalized spacial score (nSPS) is 18.9. The fourth-order valence-corrected chi connectivity index (χ4v) is 3.79. The molecule has 1 aromatic heterocycles. The van der Waals surface area contributed by atoms with E-state index in [1.54, 1.807) is 18.2 Å². The number of hydrogen-bond acceptors (Lipinski definition) is 6. The molecule has 1 saturated heterocycles. The second-order valence-electron chi connectivity index (χ2n) is 7.07. The summed E-state index contributed by atoms with van der Waals surface area (Å²) in [5.41, 5.74) is 2.30. The molecule has 0 spiro atoms. The van der Waals surface area contributed by atoms with Crippen molar-refractivity contribution in [1.29, 1.82) is 0 Å². The summed E-state index contributed by atoms with van der Waals surface area (Å²) in [4.78, 5) is 37.7. The number of nitrogens with one attached hydrogen (secondary N) is 2. The van der Waals surface area contributed by atoms with E-state index >= 15 is 0 Å². The fourth-order valence-electron chi connectivity index (χ4n) is 3.79. The molecule has 0 saturated carbocycles. The van der Waals surface area contributed by atoms with E-state index in [4.69, 9.17) is 4.52 Å². The molecule has 0 bridgehead atoms. The van der Waals surface area contributed by atoms with Crippen LogP contribution in [-0.4, -0.2) is 33.8 Å². The zero-order valence-corrected chi connectivity index (χ0v) is 15.1. The van der Waals surface area contributed by atoms with Crippen molar-refractivity contribution >= 4 is 40.2 Å². The number of hydrogen-bond donors (Lipinski definition) is 2. The summed E-state index contributed by atoms with van der Waals surface area (Å²) in [6, 6.07) is 8.73. The third-order valence-electron chi connectivity index (χ3n) is 5.22. The van der Waals surface area contributed by atoms with E-state index < -0.39 is 17.8 Å². The van der Waals surface area contributed by atoms with E-state index in [2.05, 4.69) is 15.8 Å². The first kappa shape index (κ1) is 17.4. The number of aromatic nitrogens is 1. The van der Waals surface area contributed by atoms with Crippen LogP contribution >= 0.6 is 0 Å². The maximum atomic E-state index is 13.3. The standard InChI is InChI=1S/C20H15FN4O4/c21-11-1-3-14-16(8-11)29-24-18(14)22-12-2-4-13-10(7-12)9-25(20(13)28)15-5-6-17(26)23-19(15)27/h1-4,7-8,15H,5-6,9H2,(H,22,24)(H,23,26,27). The van der Waals surface area contributed by atoms with E-state index in [-0.39, 0.29) is 24.8 Å². The first-order valence-electron chi connectivity index (χ1n) is 9.09. The van der Waals surface area contributed by atoms with Crippen LogP contribution in [0.2, 0.25) is 0 Å². The van der Waals surface area contributed by atoms with Gasteiger partial charge in [-0.2, -0.15) is 0 Å². The van der Waals surface area contributed by atoms with Gasteiger partial charge in [0.1, 0.15) is 11.9 Å². The molecule has 2 aromatic carbocycles. The lowest BCUT2D eigenvalue weighted by Crippen LogP contribution is -2.52. The van der Waals surface area contributed by atoms with Crippen molar-refractivity contribution < 1.29 is 23.3 Å². The van der Waals surface area contributed by atoms with Crippen molar-refractivity contribution in [3.63, 3.8) is 0 Å². The molecule has 9 heteroatoms.